The summed E-state index contributed by atoms with van der Waals surface area (Å²) in [6, 6.07) is 26.8. The van der Waals surface area contributed by atoms with Gasteiger partial charge in [0.2, 0.25) is 4.96 Å². The zero-order valence-electron chi connectivity index (χ0n) is 19.5. The highest BCUT2D eigenvalue weighted by Crippen LogP contribution is 2.30. The van der Waals surface area contributed by atoms with E-state index in [1.807, 2.05) is 60.7 Å². The van der Waals surface area contributed by atoms with Gasteiger partial charge in [-0.25, -0.2) is 4.98 Å². The highest BCUT2D eigenvalue weighted by atomic mass is 35.5. The minimum absolute atomic E-state index is 0.0264. The number of nitrogens with one attached hydrogen (secondary N) is 1. The fourth-order valence-corrected chi connectivity index (χ4v) is 5.62. The second-order valence-corrected chi connectivity index (χ2v) is 10.5. The smallest absolute Gasteiger partial charge is 0.270 e. The first-order valence-electron chi connectivity index (χ1n) is 11.4. The van der Waals surface area contributed by atoms with Crippen LogP contribution >= 0.6 is 34.7 Å². The van der Waals surface area contributed by atoms with Gasteiger partial charge in [-0.1, -0.05) is 101 Å². The van der Waals surface area contributed by atoms with Gasteiger partial charge < -0.3 is 4.98 Å². The summed E-state index contributed by atoms with van der Waals surface area (Å²) >= 11 is 8.85. The second kappa shape index (κ2) is 10.2. The van der Waals surface area contributed by atoms with Crippen LogP contribution in [0.1, 0.15) is 11.1 Å². The molecule has 0 bridgehead atoms. The first kappa shape index (κ1) is 24.1. The first-order chi connectivity index (χ1) is 18.6. The monoisotopic (exact) mass is 553 g/mol. The number of fused-ring (bicyclic) bond motifs is 1. The summed E-state index contributed by atoms with van der Waals surface area (Å²) in [6.07, 6.45) is 0. The number of benzene rings is 3. The van der Waals surface area contributed by atoms with Crippen molar-refractivity contribution in [3.63, 3.8) is 0 Å². The van der Waals surface area contributed by atoms with Crippen molar-refractivity contribution in [2.75, 3.05) is 0 Å². The molecule has 0 aliphatic rings. The van der Waals surface area contributed by atoms with Crippen molar-refractivity contribution in [3.8, 4) is 39.3 Å². The van der Waals surface area contributed by atoms with Crippen LogP contribution in [0.5, 0.6) is 0 Å². The number of halogens is 1. The van der Waals surface area contributed by atoms with Gasteiger partial charge in [-0.15, -0.1) is 10.2 Å². The standard InChI is InChI=1S/C27H16ClN7OS2/c28-20-12-10-17(11-13-20)22-21(14-29)24(36)31-26(30-22)37-15-16-6-8-19(9-7-16)25-34-35-23(32-33-27(35)38-25)18-4-2-1-3-5-18/h1-13H,15H2,(H,30,31,36). The lowest BCUT2D eigenvalue weighted by molar-refractivity contribution is 0.934. The van der Waals surface area contributed by atoms with Crippen LogP contribution in [-0.2, 0) is 5.75 Å². The third-order valence-corrected chi connectivity index (χ3v) is 7.87. The van der Waals surface area contributed by atoms with Crippen LogP contribution in [0.25, 0.3) is 38.2 Å². The van der Waals surface area contributed by atoms with E-state index in [0.717, 1.165) is 26.7 Å². The van der Waals surface area contributed by atoms with Gasteiger partial charge in [0.15, 0.2) is 11.0 Å². The molecule has 0 unspecified atom stereocenters. The van der Waals surface area contributed by atoms with Gasteiger partial charge >= 0.3 is 0 Å². The molecule has 6 aromatic rings. The number of nitriles is 1. The predicted octanol–water partition coefficient (Wildman–Crippen LogP) is 6.09. The number of thioether (sulfide) groups is 1. The third-order valence-electron chi connectivity index (χ3n) is 5.73. The molecular weight excluding hydrogens is 538 g/mol. The van der Waals surface area contributed by atoms with Crippen LogP contribution in [0.2, 0.25) is 5.02 Å². The Balaban J connectivity index is 1.21. The van der Waals surface area contributed by atoms with Crippen molar-refractivity contribution in [2.45, 2.75) is 10.9 Å². The lowest BCUT2D eigenvalue weighted by atomic mass is 10.1. The van der Waals surface area contributed by atoms with Crippen molar-refractivity contribution in [2.24, 2.45) is 0 Å². The Kier molecular flexibility index (Phi) is 6.47. The maximum Gasteiger partial charge on any atom is 0.270 e. The lowest BCUT2D eigenvalue weighted by Crippen LogP contribution is -2.14. The first-order valence-corrected chi connectivity index (χ1v) is 13.6. The summed E-state index contributed by atoms with van der Waals surface area (Å²) in [4.78, 5) is 20.5. The summed E-state index contributed by atoms with van der Waals surface area (Å²) in [5.74, 6) is 1.29. The Bertz CT molecular complexity index is 1860. The summed E-state index contributed by atoms with van der Waals surface area (Å²) in [5, 5.41) is 24.6. The van der Waals surface area contributed by atoms with Gasteiger partial charge in [-0.2, -0.15) is 14.9 Å². The van der Waals surface area contributed by atoms with Gasteiger partial charge in [-0.3, -0.25) is 4.79 Å². The van der Waals surface area contributed by atoms with E-state index in [-0.39, 0.29) is 5.56 Å². The molecule has 184 valence electrons. The highest BCUT2D eigenvalue weighted by Gasteiger charge is 2.16. The molecule has 0 fully saturated rings. The number of aromatic nitrogens is 6. The van der Waals surface area contributed by atoms with Crippen molar-refractivity contribution in [1.29, 1.82) is 5.26 Å². The average Bonchev–Trinajstić information content (AvgIpc) is 3.54. The second-order valence-electron chi connectivity index (χ2n) is 8.19. The van der Waals surface area contributed by atoms with Crippen molar-refractivity contribution < 1.29 is 0 Å². The molecule has 3 aromatic heterocycles. The van der Waals surface area contributed by atoms with Gasteiger partial charge in [-0.05, 0) is 17.7 Å². The molecule has 0 radical (unpaired) electrons. The molecule has 0 amide bonds. The molecule has 6 rings (SSSR count). The number of H-pyrrole nitrogens is 1. The number of hydrogen-bond acceptors (Lipinski definition) is 8. The summed E-state index contributed by atoms with van der Waals surface area (Å²) in [7, 11) is 0. The molecule has 1 N–H and O–H groups in total. The average molecular weight is 554 g/mol. The van der Waals surface area contributed by atoms with Gasteiger partial charge in [0.1, 0.15) is 16.6 Å². The largest absolute Gasteiger partial charge is 0.300 e. The molecule has 3 aromatic carbocycles. The van der Waals surface area contributed by atoms with Gasteiger partial charge in [0.25, 0.3) is 5.56 Å². The fraction of sp³-hybridized carbons (Fsp3) is 0.0370. The summed E-state index contributed by atoms with van der Waals surface area (Å²) in [5.41, 5.74) is 3.48. The molecule has 0 atom stereocenters. The fourth-order valence-electron chi connectivity index (χ4n) is 3.84. The van der Waals surface area contributed by atoms with E-state index in [1.165, 1.54) is 23.1 Å². The van der Waals surface area contributed by atoms with Crippen molar-refractivity contribution in [1.82, 2.24) is 29.8 Å². The molecule has 0 aliphatic carbocycles. The third kappa shape index (κ3) is 4.70. The van der Waals surface area contributed by atoms with E-state index in [2.05, 4.69) is 20.2 Å². The van der Waals surface area contributed by atoms with Crippen LogP contribution in [0.15, 0.2) is 88.8 Å². The minimum atomic E-state index is -0.469. The van der Waals surface area contributed by atoms with E-state index in [0.29, 0.717) is 33.0 Å². The van der Waals surface area contributed by atoms with E-state index in [9.17, 15) is 10.1 Å². The van der Waals surface area contributed by atoms with Crippen LogP contribution in [-0.4, -0.2) is 29.8 Å². The molecule has 0 saturated carbocycles. The lowest BCUT2D eigenvalue weighted by Gasteiger charge is -2.07. The van der Waals surface area contributed by atoms with E-state index >= 15 is 0 Å². The van der Waals surface area contributed by atoms with Crippen LogP contribution in [0.4, 0.5) is 0 Å². The maximum absolute atomic E-state index is 12.5. The van der Waals surface area contributed by atoms with Crippen LogP contribution in [0, 0.1) is 11.3 Å². The summed E-state index contributed by atoms with van der Waals surface area (Å²) < 4.78 is 1.77. The van der Waals surface area contributed by atoms with Crippen molar-refractivity contribution >= 4 is 39.7 Å². The number of hydrogen-bond donors (Lipinski definition) is 1. The molecule has 11 heteroatoms. The zero-order chi connectivity index (χ0) is 26.1. The zero-order valence-corrected chi connectivity index (χ0v) is 21.9. The SMILES string of the molecule is N#Cc1c(-c2ccc(Cl)cc2)nc(SCc2ccc(-c3nn4c(-c5ccccc5)nnc4s3)cc2)[nH]c1=O. The summed E-state index contributed by atoms with van der Waals surface area (Å²) in [6.45, 7) is 0. The number of aromatic amines is 1. The Hall–Kier alpha value is -4.30. The van der Waals surface area contributed by atoms with Gasteiger partial charge in [0, 0.05) is 27.5 Å². The van der Waals surface area contributed by atoms with Crippen molar-refractivity contribution in [3.05, 3.63) is 105 Å². The van der Waals surface area contributed by atoms with Gasteiger partial charge in [0.05, 0.1) is 5.69 Å². The predicted molar refractivity (Wildman–Crippen MR) is 149 cm³/mol. The molecule has 0 saturated heterocycles. The quantitative estimate of drug-likeness (QED) is 0.196. The Morgan fingerprint density at radius 3 is 2.42 bits per heavy atom. The normalized spacial score (nSPS) is 11.1. The molecule has 3 heterocycles. The minimum Gasteiger partial charge on any atom is -0.300 e. The van der Waals surface area contributed by atoms with Crippen LogP contribution in [0.3, 0.4) is 0 Å². The van der Waals surface area contributed by atoms with Crippen LogP contribution < -0.4 is 5.56 Å². The number of rotatable bonds is 6. The Morgan fingerprint density at radius 2 is 1.68 bits per heavy atom. The highest BCUT2D eigenvalue weighted by molar-refractivity contribution is 7.98. The van der Waals surface area contributed by atoms with E-state index in [1.54, 1.807) is 28.8 Å². The molecule has 0 spiro atoms. The molecule has 0 aliphatic heterocycles. The van der Waals surface area contributed by atoms with E-state index < -0.39 is 5.56 Å². The molecular formula is C27H16ClN7OS2. The topological polar surface area (TPSA) is 113 Å². The maximum atomic E-state index is 12.5. The Morgan fingerprint density at radius 1 is 0.947 bits per heavy atom. The molecule has 8 nitrogen and oxygen atoms in total. The molecule has 38 heavy (non-hydrogen) atoms. The number of nitrogens with zero attached hydrogens (tertiary/aromatic N) is 6. The Labute approximate surface area is 229 Å². The van der Waals surface area contributed by atoms with E-state index in [4.69, 9.17) is 16.7 Å².